The first kappa shape index (κ1) is 15.5. The fourth-order valence-corrected chi connectivity index (χ4v) is 2.77. The van der Waals surface area contributed by atoms with Gasteiger partial charge < -0.3 is 15.2 Å². The maximum Gasteiger partial charge on any atom is 0.131 e. The van der Waals surface area contributed by atoms with Crippen molar-refractivity contribution in [2.75, 3.05) is 0 Å². The number of rotatable bonds is 4. The molecule has 3 nitrogen and oxygen atoms in total. The third kappa shape index (κ3) is 2.81. The largest absolute Gasteiger partial charge is 0.385 e. The number of allylic oxidation sites excluding steroid dienone is 1. The molecule has 3 heteroatoms. The molecule has 0 spiro atoms. The van der Waals surface area contributed by atoms with Crippen LogP contribution in [0.3, 0.4) is 0 Å². The van der Waals surface area contributed by atoms with Crippen LogP contribution in [0.25, 0.3) is 16.5 Å². The molecule has 3 aromatic rings. The summed E-state index contributed by atoms with van der Waals surface area (Å²) in [5.41, 5.74) is 2.77. The standard InChI is InChI=1S/C20H21NO2/c1-13(2)14-8-10-15(11-9-14)19(22)20(3,23)18-12-16-6-4-5-7-17(16)21-18/h4-12,19,21-23H,1H2,2-3H3. The Morgan fingerprint density at radius 2 is 1.78 bits per heavy atom. The van der Waals surface area contributed by atoms with Crippen molar-refractivity contribution >= 4 is 16.5 Å². The number of aromatic amines is 1. The molecule has 2 atom stereocenters. The number of benzene rings is 2. The molecule has 2 unspecified atom stereocenters. The highest BCUT2D eigenvalue weighted by atomic mass is 16.3. The van der Waals surface area contributed by atoms with Gasteiger partial charge in [0.1, 0.15) is 11.7 Å². The molecule has 1 heterocycles. The van der Waals surface area contributed by atoms with Gasteiger partial charge in [-0.15, -0.1) is 0 Å². The highest BCUT2D eigenvalue weighted by molar-refractivity contribution is 5.80. The van der Waals surface area contributed by atoms with Crippen molar-refractivity contribution in [1.82, 2.24) is 4.98 Å². The Balaban J connectivity index is 1.95. The Kier molecular flexibility index (Phi) is 3.84. The van der Waals surface area contributed by atoms with Gasteiger partial charge in [-0.2, -0.15) is 0 Å². The first-order valence-electron chi connectivity index (χ1n) is 7.64. The Labute approximate surface area is 135 Å². The van der Waals surface area contributed by atoms with E-state index < -0.39 is 11.7 Å². The van der Waals surface area contributed by atoms with E-state index in [4.69, 9.17) is 0 Å². The van der Waals surface area contributed by atoms with E-state index in [1.165, 1.54) is 0 Å². The third-order valence-corrected chi connectivity index (χ3v) is 4.33. The second-order valence-corrected chi connectivity index (χ2v) is 6.22. The van der Waals surface area contributed by atoms with Gasteiger partial charge in [0.05, 0.1) is 5.69 Å². The van der Waals surface area contributed by atoms with E-state index >= 15 is 0 Å². The summed E-state index contributed by atoms with van der Waals surface area (Å²) in [5, 5.41) is 22.6. The van der Waals surface area contributed by atoms with Gasteiger partial charge in [0.15, 0.2) is 0 Å². The molecule has 118 valence electrons. The minimum atomic E-state index is -1.41. The van der Waals surface area contributed by atoms with Crippen LogP contribution in [0.2, 0.25) is 0 Å². The maximum absolute atomic E-state index is 10.9. The minimum absolute atomic E-state index is 0.593. The summed E-state index contributed by atoms with van der Waals surface area (Å²) in [6.07, 6.45) is -1.03. The highest BCUT2D eigenvalue weighted by Crippen LogP contribution is 2.36. The van der Waals surface area contributed by atoms with Gasteiger partial charge in [-0.3, -0.25) is 0 Å². The number of nitrogens with one attached hydrogen (secondary N) is 1. The maximum atomic E-state index is 10.9. The number of aliphatic hydroxyl groups excluding tert-OH is 1. The summed E-state index contributed by atoms with van der Waals surface area (Å²) in [5.74, 6) is 0. The molecule has 0 aliphatic heterocycles. The predicted octanol–water partition coefficient (Wildman–Crippen LogP) is 4.14. The topological polar surface area (TPSA) is 56.2 Å². The fraction of sp³-hybridized carbons (Fsp3) is 0.200. The zero-order valence-corrected chi connectivity index (χ0v) is 13.4. The Bertz CT molecular complexity index is 810. The van der Waals surface area contributed by atoms with Crippen LogP contribution in [0.15, 0.2) is 61.2 Å². The van der Waals surface area contributed by atoms with Crippen molar-refractivity contribution in [2.24, 2.45) is 0 Å². The van der Waals surface area contributed by atoms with E-state index in [-0.39, 0.29) is 0 Å². The number of aliphatic hydroxyl groups is 2. The fourth-order valence-electron chi connectivity index (χ4n) is 2.77. The highest BCUT2D eigenvalue weighted by Gasteiger charge is 2.35. The summed E-state index contributed by atoms with van der Waals surface area (Å²) >= 11 is 0. The molecule has 23 heavy (non-hydrogen) atoms. The van der Waals surface area contributed by atoms with Crippen molar-refractivity contribution in [3.63, 3.8) is 0 Å². The summed E-state index contributed by atoms with van der Waals surface area (Å²) in [4.78, 5) is 3.19. The van der Waals surface area contributed by atoms with Crippen LogP contribution in [0.5, 0.6) is 0 Å². The first-order chi connectivity index (χ1) is 10.9. The van der Waals surface area contributed by atoms with Crippen LogP contribution >= 0.6 is 0 Å². The number of fused-ring (bicyclic) bond motifs is 1. The number of H-pyrrole nitrogens is 1. The lowest BCUT2D eigenvalue weighted by molar-refractivity contribution is -0.0715. The third-order valence-electron chi connectivity index (χ3n) is 4.33. The second-order valence-electron chi connectivity index (χ2n) is 6.22. The predicted molar refractivity (Wildman–Crippen MR) is 94.0 cm³/mol. The quantitative estimate of drug-likeness (QED) is 0.678. The van der Waals surface area contributed by atoms with Crippen molar-refractivity contribution in [3.05, 3.63) is 78.0 Å². The Morgan fingerprint density at radius 3 is 2.39 bits per heavy atom. The average molecular weight is 307 g/mol. The number of hydrogen-bond donors (Lipinski definition) is 3. The van der Waals surface area contributed by atoms with Gasteiger partial charge in [0.2, 0.25) is 0 Å². The first-order valence-corrected chi connectivity index (χ1v) is 7.64. The lowest BCUT2D eigenvalue weighted by atomic mass is 9.89. The van der Waals surface area contributed by atoms with Crippen LogP contribution in [0, 0.1) is 0 Å². The van der Waals surface area contributed by atoms with Crippen molar-refractivity contribution in [3.8, 4) is 0 Å². The summed E-state index contributed by atoms with van der Waals surface area (Å²) in [6.45, 7) is 7.46. The molecule has 2 aromatic carbocycles. The van der Waals surface area contributed by atoms with Crippen LogP contribution in [0.1, 0.15) is 36.8 Å². The molecule has 0 bridgehead atoms. The number of hydrogen-bond acceptors (Lipinski definition) is 2. The molecule has 0 fully saturated rings. The Hall–Kier alpha value is -2.36. The molecule has 0 amide bonds. The average Bonchev–Trinajstić information content (AvgIpc) is 2.99. The monoisotopic (exact) mass is 307 g/mol. The number of aromatic nitrogens is 1. The molecule has 3 rings (SSSR count). The van der Waals surface area contributed by atoms with Gasteiger partial charge in [-0.05, 0) is 42.5 Å². The SMILES string of the molecule is C=C(C)c1ccc(C(O)C(C)(O)c2cc3ccccc3[nH]2)cc1. The molecule has 0 saturated carbocycles. The lowest BCUT2D eigenvalue weighted by Gasteiger charge is -2.28. The molecular weight excluding hydrogens is 286 g/mol. The summed E-state index contributed by atoms with van der Waals surface area (Å²) in [7, 11) is 0. The molecular formula is C20H21NO2. The van der Waals surface area contributed by atoms with Crippen molar-refractivity contribution in [1.29, 1.82) is 0 Å². The van der Waals surface area contributed by atoms with Crippen LogP contribution < -0.4 is 0 Å². The van der Waals surface area contributed by atoms with Gasteiger partial charge >= 0.3 is 0 Å². The molecule has 1 aromatic heterocycles. The normalized spacial score (nSPS) is 15.3. The van der Waals surface area contributed by atoms with Crippen molar-refractivity contribution in [2.45, 2.75) is 25.6 Å². The van der Waals surface area contributed by atoms with E-state index in [1.54, 1.807) is 6.92 Å². The van der Waals surface area contributed by atoms with Gasteiger partial charge in [0, 0.05) is 5.52 Å². The van der Waals surface area contributed by atoms with E-state index in [9.17, 15) is 10.2 Å². The molecule has 0 saturated heterocycles. The van der Waals surface area contributed by atoms with Crippen molar-refractivity contribution < 1.29 is 10.2 Å². The molecule has 0 aliphatic carbocycles. The van der Waals surface area contributed by atoms with Crippen LogP contribution in [-0.2, 0) is 5.60 Å². The van der Waals surface area contributed by atoms with E-state index in [2.05, 4.69) is 11.6 Å². The minimum Gasteiger partial charge on any atom is -0.385 e. The van der Waals surface area contributed by atoms with E-state index in [1.807, 2.05) is 61.5 Å². The molecule has 0 aliphatic rings. The van der Waals surface area contributed by atoms with Gasteiger partial charge in [0.25, 0.3) is 0 Å². The van der Waals surface area contributed by atoms with E-state index in [0.717, 1.165) is 22.0 Å². The second kappa shape index (κ2) is 5.69. The lowest BCUT2D eigenvalue weighted by Crippen LogP contribution is -2.30. The molecule has 0 radical (unpaired) electrons. The zero-order chi connectivity index (χ0) is 16.6. The number of para-hydroxylation sites is 1. The summed E-state index contributed by atoms with van der Waals surface area (Å²) in [6, 6.07) is 17.1. The summed E-state index contributed by atoms with van der Waals surface area (Å²) < 4.78 is 0. The van der Waals surface area contributed by atoms with Gasteiger partial charge in [-0.25, -0.2) is 0 Å². The smallest absolute Gasteiger partial charge is 0.131 e. The van der Waals surface area contributed by atoms with Crippen LogP contribution in [-0.4, -0.2) is 15.2 Å². The van der Waals surface area contributed by atoms with E-state index in [0.29, 0.717) is 11.3 Å². The zero-order valence-electron chi connectivity index (χ0n) is 13.4. The van der Waals surface area contributed by atoms with Gasteiger partial charge in [-0.1, -0.05) is 54.6 Å². The van der Waals surface area contributed by atoms with Crippen LogP contribution in [0.4, 0.5) is 0 Å². The molecule has 3 N–H and O–H groups in total. The Morgan fingerprint density at radius 1 is 1.13 bits per heavy atom.